The number of nitrogens with one attached hydrogen (secondary N) is 1. The zero-order valence-corrected chi connectivity index (χ0v) is 21.0. The lowest BCUT2D eigenvalue weighted by Crippen LogP contribution is -2.52. The Morgan fingerprint density at radius 1 is 1.06 bits per heavy atom. The van der Waals surface area contributed by atoms with Gasteiger partial charge in [-0.3, -0.25) is 9.59 Å². The summed E-state index contributed by atoms with van der Waals surface area (Å²) in [5.41, 5.74) is 1.44. The average molecular weight is 481 g/mol. The second-order valence-corrected chi connectivity index (χ2v) is 10.5. The van der Waals surface area contributed by atoms with Gasteiger partial charge in [-0.1, -0.05) is 47.0 Å². The molecule has 2 aromatic rings. The molecule has 0 heterocycles. The molecule has 1 unspecified atom stereocenters. The third-order valence-corrected chi connectivity index (χ3v) is 6.38. The van der Waals surface area contributed by atoms with Crippen LogP contribution < -0.4 is 5.32 Å². The van der Waals surface area contributed by atoms with Crippen LogP contribution in [-0.2, 0) is 16.1 Å². The van der Waals surface area contributed by atoms with E-state index in [1.165, 1.54) is 5.56 Å². The van der Waals surface area contributed by atoms with Crippen molar-refractivity contribution in [2.24, 2.45) is 0 Å². The van der Waals surface area contributed by atoms with Crippen molar-refractivity contribution in [3.05, 3.63) is 63.6 Å². The first-order valence-corrected chi connectivity index (χ1v) is 12.0. The van der Waals surface area contributed by atoms with Crippen LogP contribution in [0.15, 0.2) is 47.4 Å². The largest absolute Gasteiger partial charge is 0.350 e. The summed E-state index contributed by atoms with van der Waals surface area (Å²) in [7, 11) is 0. The Morgan fingerprint density at radius 3 is 2.19 bits per heavy atom. The lowest BCUT2D eigenvalue weighted by Gasteiger charge is -2.32. The number of rotatable bonds is 8. The van der Waals surface area contributed by atoms with Crippen LogP contribution in [0.3, 0.4) is 0 Å². The number of carbonyl (C=O) groups is 2. The fourth-order valence-electron chi connectivity index (χ4n) is 2.94. The molecule has 2 amide bonds. The van der Waals surface area contributed by atoms with Crippen LogP contribution >= 0.6 is 35.0 Å². The lowest BCUT2D eigenvalue weighted by atomic mass is 10.1. The van der Waals surface area contributed by atoms with E-state index in [2.05, 4.69) is 17.4 Å². The van der Waals surface area contributed by atoms with Crippen LogP contribution in [0.25, 0.3) is 0 Å². The predicted molar refractivity (Wildman–Crippen MR) is 131 cm³/mol. The minimum atomic E-state index is -0.663. The summed E-state index contributed by atoms with van der Waals surface area (Å²) in [6.07, 6.45) is 0.299. The van der Waals surface area contributed by atoms with Crippen LogP contribution in [0.4, 0.5) is 0 Å². The molecule has 0 saturated carbocycles. The Hall–Kier alpha value is -1.69. The van der Waals surface area contributed by atoms with Gasteiger partial charge in [0, 0.05) is 44.8 Å². The summed E-state index contributed by atoms with van der Waals surface area (Å²) in [4.78, 5) is 28.7. The van der Waals surface area contributed by atoms with Gasteiger partial charge >= 0.3 is 0 Å². The Kier molecular flexibility index (Phi) is 9.28. The summed E-state index contributed by atoms with van der Waals surface area (Å²) >= 11 is 14.3. The first-order valence-electron chi connectivity index (χ1n) is 10.2. The standard InChI is InChI=1S/C24H30Cl2N2O2S/c1-16-9-11-18(12-10-16)31-14-13-22(29)28(17(2)23(30)27-24(3,4)5)15-19-20(25)7-6-8-21(19)26/h6-12,17H,13-15H2,1-5H3,(H,27,30). The molecule has 0 saturated heterocycles. The van der Waals surface area contributed by atoms with E-state index in [1.807, 2.05) is 39.8 Å². The summed E-state index contributed by atoms with van der Waals surface area (Å²) in [6.45, 7) is 9.68. The monoisotopic (exact) mass is 480 g/mol. The van der Waals surface area contributed by atoms with Crippen molar-refractivity contribution in [1.82, 2.24) is 10.2 Å². The van der Waals surface area contributed by atoms with Gasteiger partial charge in [-0.05, 0) is 58.9 Å². The summed E-state index contributed by atoms with van der Waals surface area (Å²) in [5, 5.41) is 3.90. The molecule has 4 nitrogen and oxygen atoms in total. The molecule has 0 radical (unpaired) electrons. The SMILES string of the molecule is Cc1ccc(SCCC(=O)N(Cc2c(Cl)cccc2Cl)C(C)C(=O)NC(C)(C)C)cc1. The van der Waals surface area contributed by atoms with Crippen LogP contribution in [-0.4, -0.2) is 34.0 Å². The number of nitrogens with zero attached hydrogens (tertiary/aromatic N) is 1. The second kappa shape index (κ2) is 11.3. The molecular formula is C24H30Cl2N2O2S. The average Bonchev–Trinajstić information content (AvgIpc) is 2.67. The maximum Gasteiger partial charge on any atom is 0.242 e. The highest BCUT2D eigenvalue weighted by atomic mass is 35.5. The normalized spacial score (nSPS) is 12.4. The highest BCUT2D eigenvalue weighted by Crippen LogP contribution is 2.27. The summed E-state index contributed by atoms with van der Waals surface area (Å²) < 4.78 is 0. The first-order chi connectivity index (χ1) is 14.5. The number of carbonyl (C=O) groups excluding carboxylic acids is 2. The zero-order valence-electron chi connectivity index (χ0n) is 18.7. The van der Waals surface area contributed by atoms with E-state index < -0.39 is 11.6 Å². The third-order valence-electron chi connectivity index (χ3n) is 4.66. The molecular weight excluding hydrogens is 451 g/mol. The molecule has 2 aromatic carbocycles. The Bertz CT molecular complexity index is 891. The summed E-state index contributed by atoms with van der Waals surface area (Å²) in [6, 6.07) is 12.8. The third kappa shape index (κ3) is 8.06. The van der Waals surface area contributed by atoms with Gasteiger partial charge < -0.3 is 10.2 Å². The highest BCUT2D eigenvalue weighted by molar-refractivity contribution is 7.99. The number of thioether (sulfide) groups is 1. The molecule has 0 aliphatic carbocycles. The van der Waals surface area contributed by atoms with Crippen LogP contribution in [0.5, 0.6) is 0 Å². The zero-order chi connectivity index (χ0) is 23.2. The quantitative estimate of drug-likeness (QED) is 0.463. The van der Waals surface area contributed by atoms with Crippen LogP contribution in [0.1, 0.15) is 45.2 Å². The minimum absolute atomic E-state index is 0.118. The van der Waals surface area contributed by atoms with Crippen molar-refractivity contribution >= 4 is 46.8 Å². The second-order valence-electron chi connectivity index (χ2n) is 8.55. The number of hydrogen-bond acceptors (Lipinski definition) is 3. The number of amides is 2. The van der Waals surface area contributed by atoms with Crippen molar-refractivity contribution in [3.8, 4) is 0 Å². The van der Waals surface area contributed by atoms with Gasteiger partial charge in [0.15, 0.2) is 0 Å². The van der Waals surface area contributed by atoms with Gasteiger partial charge in [-0.15, -0.1) is 11.8 Å². The van der Waals surface area contributed by atoms with Crippen molar-refractivity contribution < 1.29 is 9.59 Å². The van der Waals surface area contributed by atoms with Gasteiger partial charge in [-0.25, -0.2) is 0 Å². The molecule has 0 aliphatic heterocycles. The minimum Gasteiger partial charge on any atom is -0.350 e. The lowest BCUT2D eigenvalue weighted by molar-refractivity contribution is -0.140. The fourth-order valence-corrected chi connectivity index (χ4v) is 4.30. The Balaban J connectivity index is 2.16. The molecule has 1 atom stereocenters. The van der Waals surface area contributed by atoms with E-state index in [0.29, 0.717) is 27.8 Å². The molecule has 0 fully saturated rings. The molecule has 1 N–H and O–H groups in total. The van der Waals surface area contributed by atoms with E-state index in [4.69, 9.17) is 23.2 Å². The molecule has 0 aromatic heterocycles. The Morgan fingerprint density at radius 2 is 1.65 bits per heavy atom. The maximum atomic E-state index is 13.2. The molecule has 0 bridgehead atoms. The maximum absolute atomic E-state index is 13.2. The van der Waals surface area contributed by atoms with Gasteiger partial charge in [-0.2, -0.15) is 0 Å². The smallest absolute Gasteiger partial charge is 0.242 e. The molecule has 7 heteroatoms. The van der Waals surface area contributed by atoms with Crippen molar-refractivity contribution in [2.75, 3.05) is 5.75 Å². The van der Waals surface area contributed by atoms with E-state index in [-0.39, 0.29) is 18.4 Å². The van der Waals surface area contributed by atoms with Crippen molar-refractivity contribution in [1.29, 1.82) is 0 Å². The fraction of sp³-hybridized carbons (Fsp3) is 0.417. The van der Waals surface area contributed by atoms with E-state index in [9.17, 15) is 9.59 Å². The van der Waals surface area contributed by atoms with E-state index in [1.54, 1.807) is 41.8 Å². The summed E-state index contributed by atoms with van der Waals surface area (Å²) in [5.74, 6) is 0.282. The van der Waals surface area contributed by atoms with Gasteiger partial charge in [0.05, 0.1) is 0 Å². The van der Waals surface area contributed by atoms with Crippen molar-refractivity contribution in [3.63, 3.8) is 0 Å². The predicted octanol–water partition coefficient (Wildman–Crippen LogP) is 6.12. The number of hydrogen-bond donors (Lipinski definition) is 1. The van der Waals surface area contributed by atoms with Crippen molar-refractivity contribution in [2.45, 2.75) is 64.1 Å². The van der Waals surface area contributed by atoms with Gasteiger partial charge in [0.2, 0.25) is 11.8 Å². The number of halogens is 2. The van der Waals surface area contributed by atoms with Crippen LogP contribution in [0.2, 0.25) is 10.0 Å². The molecule has 31 heavy (non-hydrogen) atoms. The molecule has 0 aliphatic rings. The molecule has 2 rings (SSSR count). The first kappa shape index (κ1) is 25.6. The molecule has 0 spiro atoms. The topological polar surface area (TPSA) is 49.4 Å². The molecule has 168 valence electrons. The van der Waals surface area contributed by atoms with Gasteiger partial charge in [0.25, 0.3) is 0 Å². The van der Waals surface area contributed by atoms with Gasteiger partial charge in [0.1, 0.15) is 6.04 Å². The Labute approximate surface area is 199 Å². The van der Waals surface area contributed by atoms with Crippen LogP contribution in [0, 0.1) is 6.92 Å². The number of benzene rings is 2. The van der Waals surface area contributed by atoms with E-state index >= 15 is 0 Å². The van der Waals surface area contributed by atoms with E-state index in [0.717, 1.165) is 4.90 Å². The number of aryl methyl sites for hydroxylation is 1. The highest BCUT2D eigenvalue weighted by Gasteiger charge is 2.29.